The summed E-state index contributed by atoms with van der Waals surface area (Å²) in [6, 6.07) is 13.7. The molecule has 0 saturated heterocycles. The van der Waals surface area contributed by atoms with Crippen molar-refractivity contribution in [3.8, 4) is 11.5 Å². The zero-order chi connectivity index (χ0) is 18.9. The Hall–Kier alpha value is -2.73. The molecular formula is C20H27N3O3. The third-order valence-corrected chi connectivity index (χ3v) is 3.83. The number of nitrogens with two attached hydrogens (primary N) is 1. The summed E-state index contributed by atoms with van der Waals surface area (Å²) in [5.74, 6) is 1.99. The Morgan fingerprint density at radius 1 is 1.19 bits per heavy atom. The van der Waals surface area contributed by atoms with Crippen molar-refractivity contribution in [2.75, 3.05) is 25.6 Å². The topological polar surface area (TPSA) is 89.1 Å². The molecule has 0 heterocycles. The third-order valence-electron chi connectivity index (χ3n) is 3.83. The van der Waals surface area contributed by atoms with E-state index < -0.39 is 0 Å². The summed E-state index contributed by atoms with van der Waals surface area (Å²) >= 11 is 0. The van der Waals surface area contributed by atoms with Gasteiger partial charge < -0.3 is 25.6 Å². The normalized spacial score (nSPS) is 11.5. The molecule has 0 saturated carbocycles. The van der Waals surface area contributed by atoms with Crippen LogP contribution in [0.1, 0.15) is 30.9 Å². The predicted molar refractivity (Wildman–Crippen MR) is 105 cm³/mol. The Balaban J connectivity index is 2.03. The van der Waals surface area contributed by atoms with E-state index in [9.17, 15) is 0 Å². The highest BCUT2D eigenvalue weighted by Gasteiger charge is 2.06. The van der Waals surface area contributed by atoms with Gasteiger partial charge in [-0.25, -0.2) is 4.99 Å². The van der Waals surface area contributed by atoms with E-state index in [0.29, 0.717) is 29.9 Å². The lowest BCUT2D eigenvalue weighted by atomic mass is 10.0. The number of aliphatic hydroxyl groups excluding tert-OH is 1. The fourth-order valence-electron chi connectivity index (χ4n) is 2.42. The van der Waals surface area contributed by atoms with Crippen LogP contribution in [0.5, 0.6) is 11.5 Å². The molecule has 0 fully saturated rings. The van der Waals surface area contributed by atoms with E-state index in [1.807, 2.05) is 24.3 Å². The Labute approximate surface area is 154 Å². The Morgan fingerprint density at radius 2 is 2.00 bits per heavy atom. The van der Waals surface area contributed by atoms with Gasteiger partial charge in [0.15, 0.2) is 17.5 Å². The van der Waals surface area contributed by atoms with Gasteiger partial charge in [0.1, 0.15) is 6.61 Å². The molecule has 0 amide bonds. The molecule has 0 atom stereocenters. The molecule has 0 aromatic heterocycles. The Bertz CT molecular complexity index is 745. The molecule has 26 heavy (non-hydrogen) atoms. The van der Waals surface area contributed by atoms with Crippen LogP contribution in [0, 0.1) is 0 Å². The molecule has 0 aliphatic rings. The molecule has 6 nitrogen and oxygen atoms in total. The fraction of sp³-hybridized carbons (Fsp3) is 0.350. The van der Waals surface area contributed by atoms with E-state index in [2.05, 4.69) is 36.3 Å². The summed E-state index contributed by atoms with van der Waals surface area (Å²) in [5.41, 5.74) is 9.11. The zero-order valence-corrected chi connectivity index (χ0v) is 15.5. The number of aliphatic hydroxyl groups is 1. The van der Waals surface area contributed by atoms with E-state index >= 15 is 0 Å². The van der Waals surface area contributed by atoms with Crippen LogP contribution in [-0.2, 0) is 6.54 Å². The first-order valence-corrected chi connectivity index (χ1v) is 8.61. The number of methoxy groups -OCH3 is 1. The molecule has 6 heteroatoms. The van der Waals surface area contributed by atoms with Crippen molar-refractivity contribution in [1.82, 2.24) is 0 Å². The summed E-state index contributed by atoms with van der Waals surface area (Å²) in [6.45, 7) is 4.89. The van der Waals surface area contributed by atoms with E-state index in [-0.39, 0.29) is 13.2 Å². The van der Waals surface area contributed by atoms with Gasteiger partial charge in [0.2, 0.25) is 0 Å². The number of anilines is 1. The minimum atomic E-state index is -0.0462. The van der Waals surface area contributed by atoms with Gasteiger partial charge in [0, 0.05) is 5.69 Å². The standard InChI is InChI=1S/C20H27N3O3/c1-14(2)16-5-4-6-17(12-16)23-20(21)22-13-15-7-8-18(26-10-9-24)19(11-15)25-3/h4-8,11-12,14,24H,9-10,13H2,1-3H3,(H3,21,22,23). The first kappa shape index (κ1) is 19.6. The lowest BCUT2D eigenvalue weighted by Gasteiger charge is -2.11. The first-order valence-electron chi connectivity index (χ1n) is 8.61. The molecule has 4 N–H and O–H groups in total. The molecule has 2 aromatic carbocycles. The number of aliphatic imine (C=N–C) groups is 1. The second-order valence-corrected chi connectivity index (χ2v) is 6.16. The average molecular weight is 357 g/mol. The van der Waals surface area contributed by atoms with Crippen molar-refractivity contribution in [2.24, 2.45) is 10.7 Å². The molecular weight excluding hydrogens is 330 g/mol. The minimum absolute atomic E-state index is 0.0462. The smallest absolute Gasteiger partial charge is 0.193 e. The lowest BCUT2D eigenvalue weighted by Crippen LogP contribution is -2.22. The van der Waals surface area contributed by atoms with Crippen LogP contribution >= 0.6 is 0 Å². The quantitative estimate of drug-likeness (QED) is 0.499. The highest BCUT2D eigenvalue weighted by Crippen LogP contribution is 2.28. The molecule has 0 bridgehead atoms. The van der Waals surface area contributed by atoms with Crippen LogP contribution in [0.3, 0.4) is 0 Å². The highest BCUT2D eigenvalue weighted by atomic mass is 16.5. The number of benzene rings is 2. The van der Waals surface area contributed by atoms with Crippen LogP contribution < -0.4 is 20.5 Å². The summed E-state index contributed by atoms with van der Waals surface area (Å²) in [5, 5.41) is 12.0. The van der Waals surface area contributed by atoms with Crippen molar-refractivity contribution < 1.29 is 14.6 Å². The summed E-state index contributed by atoms with van der Waals surface area (Å²) < 4.78 is 10.7. The molecule has 0 aliphatic heterocycles. The van der Waals surface area contributed by atoms with Crippen LogP contribution in [0.4, 0.5) is 5.69 Å². The summed E-state index contributed by atoms with van der Waals surface area (Å²) in [4.78, 5) is 4.38. The number of nitrogens with one attached hydrogen (secondary N) is 1. The van der Waals surface area contributed by atoms with Gasteiger partial charge in [-0.1, -0.05) is 32.0 Å². The van der Waals surface area contributed by atoms with Gasteiger partial charge in [0.25, 0.3) is 0 Å². The first-order chi connectivity index (χ1) is 12.5. The molecule has 140 valence electrons. The van der Waals surface area contributed by atoms with Crippen molar-refractivity contribution in [2.45, 2.75) is 26.3 Å². The van der Waals surface area contributed by atoms with Crippen LogP contribution in [0.2, 0.25) is 0 Å². The van der Waals surface area contributed by atoms with Crippen molar-refractivity contribution in [3.05, 3.63) is 53.6 Å². The van der Waals surface area contributed by atoms with E-state index in [0.717, 1.165) is 11.3 Å². The van der Waals surface area contributed by atoms with E-state index in [1.165, 1.54) is 5.56 Å². The van der Waals surface area contributed by atoms with Gasteiger partial charge in [-0.05, 0) is 41.3 Å². The predicted octanol–water partition coefficient (Wildman–Crippen LogP) is 3.12. The third kappa shape index (κ3) is 5.67. The highest BCUT2D eigenvalue weighted by molar-refractivity contribution is 5.92. The number of hydrogen-bond acceptors (Lipinski definition) is 4. The fourth-order valence-corrected chi connectivity index (χ4v) is 2.42. The molecule has 2 aromatic rings. The van der Waals surface area contributed by atoms with Gasteiger partial charge in [-0.2, -0.15) is 0 Å². The molecule has 0 radical (unpaired) electrons. The van der Waals surface area contributed by atoms with E-state index in [1.54, 1.807) is 13.2 Å². The minimum Gasteiger partial charge on any atom is -0.493 e. The van der Waals surface area contributed by atoms with E-state index in [4.69, 9.17) is 20.3 Å². The maximum absolute atomic E-state index is 8.86. The number of ether oxygens (including phenoxy) is 2. The van der Waals surface area contributed by atoms with Gasteiger partial charge in [0.05, 0.1) is 20.3 Å². The number of guanidine groups is 1. The monoisotopic (exact) mass is 357 g/mol. The average Bonchev–Trinajstić information content (AvgIpc) is 2.65. The zero-order valence-electron chi connectivity index (χ0n) is 15.5. The number of nitrogens with zero attached hydrogens (tertiary/aromatic N) is 1. The van der Waals surface area contributed by atoms with Crippen molar-refractivity contribution in [3.63, 3.8) is 0 Å². The van der Waals surface area contributed by atoms with Gasteiger partial charge in [-0.15, -0.1) is 0 Å². The van der Waals surface area contributed by atoms with Crippen molar-refractivity contribution >= 4 is 11.6 Å². The Kier molecular flexibility index (Phi) is 7.29. The second kappa shape index (κ2) is 9.68. The largest absolute Gasteiger partial charge is 0.493 e. The maximum atomic E-state index is 8.86. The summed E-state index contributed by atoms with van der Waals surface area (Å²) in [7, 11) is 1.58. The van der Waals surface area contributed by atoms with Crippen LogP contribution in [0.25, 0.3) is 0 Å². The number of hydrogen-bond donors (Lipinski definition) is 3. The molecule has 0 aliphatic carbocycles. The molecule has 2 rings (SSSR count). The van der Waals surface area contributed by atoms with Gasteiger partial charge >= 0.3 is 0 Å². The van der Waals surface area contributed by atoms with Gasteiger partial charge in [-0.3, -0.25) is 0 Å². The molecule has 0 unspecified atom stereocenters. The lowest BCUT2D eigenvalue weighted by molar-refractivity contribution is 0.196. The van der Waals surface area contributed by atoms with Crippen LogP contribution in [0.15, 0.2) is 47.5 Å². The molecule has 0 spiro atoms. The maximum Gasteiger partial charge on any atom is 0.193 e. The SMILES string of the molecule is COc1cc(CN=C(N)Nc2cccc(C(C)C)c2)ccc1OCCO. The Morgan fingerprint density at radius 3 is 2.69 bits per heavy atom. The van der Waals surface area contributed by atoms with Crippen LogP contribution in [-0.4, -0.2) is 31.4 Å². The number of rotatable bonds is 8. The van der Waals surface area contributed by atoms with Crippen molar-refractivity contribution in [1.29, 1.82) is 0 Å². The second-order valence-electron chi connectivity index (χ2n) is 6.16. The summed E-state index contributed by atoms with van der Waals surface area (Å²) in [6.07, 6.45) is 0.